The van der Waals surface area contributed by atoms with Crippen molar-refractivity contribution >= 4 is 17.5 Å². The van der Waals surface area contributed by atoms with Crippen LogP contribution in [0.2, 0.25) is 0 Å². The van der Waals surface area contributed by atoms with Crippen LogP contribution in [0.15, 0.2) is 60.7 Å². The van der Waals surface area contributed by atoms with E-state index in [1.807, 2.05) is 31.2 Å². The molecule has 0 amide bonds. The lowest BCUT2D eigenvalue weighted by Crippen LogP contribution is -2.10. The molecule has 4 nitrogen and oxygen atoms in total. The number of nitrogens with zero attached hydrogens (tertiary/aromatic N) is 2. The van der Waals surface area contributed by atoms with E-state index >= 15 is 0 Å². The second kappa shape index (κ2) is 8.00. The van der Waals surface area contributed by atoms with Crippen molar-refractivity contribution in [3.63, 3.8) is 0 Å². The minimum atomic E-state index is 0.135. The Balaban J connectivity index is 1.75. The first-order valence-electron chi connectivity index (χ1n) is 9.05. The number of nitrogens with one attached hydrogen (secondary N) is 2. The molecule has 2 N–H and O–H groups in total. The molecule has 1 aromatic heterocycles. The van der Waals surface area contributed by atoms with Crippen molar-refractivity contribution in [2.75, 3.05) is 10.6 Å². The lowest BCUT2D eigenvalue weighted by Gasteiger charge is -2.16. The van der Waals surface area contributed by atoms with Crippen molar-refractivity contribution in [1.29, 1.82) is 0 Å². The summed E-state index contributed by atoms with van der Waals surface area (Å²) in [4.78, 5) is 9.13. The molecule has 0 saturated carbocycles. The van der Waals surface area contributed by atoms with Crippen LogP contribution >= 0.6 is 0 Å². The van der Waals surface area contributed by atoms with Crippen molar-refractivity contribution in [1.82, 2.24) is 9.97 Å². The lowest BCUT2D eigenvalue weighted by atomic mass is 10.0. The maximum atomic E-state index is 4.62. The zero-order chi connectivity index (χ0) is 18.5. The normalized spacial score (nSPS) is 12.0. The third-order valence-corrected chi connectivity index (χ3v) is 4.35. The van der Waals surface area contributed by atoms with E-state index in [0.29, 0.717) is 11.9 Å². The SMILES string of the molecule is Cc1cc(Nc2ccc(C(C)C)cc2)nc(NC(C)c2ccccc2)n1. The highest BCUT2D eigenvalue weighted by Gasteiger charge is 2.09. The van der Waals surface area contributed by atoms with Gasteiger partial charge in [-0.05, 0) is 43.0 Å². The Bertz CT molecular complexity index is 842. The summed E-state index contributed by atoms with van der Waals surface area (Å²) < 4.78 is 0. The van der Waals surface area contributed by atoms with Crippen molar-refractivity contribution in [3.8, 4) is 0 Å². The Morgan fingerprint density at radius 3 is 2.15 bits per heavy atom. The standard InChI is InChI=1S/C22H26N4/c1-15(2)18-10-12-20(13-11-18)25-21-14-16(3)23-22(26-21)24-17(4)19-8-6-5-7-9-19/h5-15,17H,1-4H3,(H2,23,24,25,26). The number of aryl methyl sites for hydroxylation is 1. The molecule has 0 aliphatic heterocycles. The molecule has 1 heterocycles. The summed E-state index contributed by atoms with van der Waals surface area (Å²) in [5.41, 5.74) is 4.48. The highest BCUT2D eigenvalue weighted by Crippen LogP contribution is 2.22. The van der Waals surface area contributed by atoms with Crippen LogP contribution in [0.4, 0.5) is 17.5 Å². The van der Waals surface area contributed by atoms with Crippen molar-refractivity contribution < 1.29 is 0 Å². The van der Waals surface area contributed by atoms with Gasteiger partial charge in [-0.1, -0.05) is 56.3 Å². The molecule has 4 heteroatoms. The van der Waals surface area contributed by atoms with E-state index in [0.717, 1.165) is 17.2 Å². The molecule has 0 aliphatic carbocycles. The minimum Gasteiger partial charge on any atom is -0.348 e. The molecule has 0 aliphatic rings. The number of aromatic nitrogens is 2. The largest absolute Gasteiger partial charge is 0.348 e. The third kappa shape index (κ3) is 4.60. The highest BCUT2D eigenvalue weighted by atomic mass is 15.2. The molecule has 26 heavy (non-hydrogen) atoms. The second-order valence-electron chi connectivity index (χ2n) is 6.90. The Labute approximate surface area is 155 Å². The summed E-state index contributed by atoms with van der Waals surface area (Å²) >= 11 is 0. The molecule has 0 saturated heterocycles. The summed E-state index contributed by atoms with van der Waals surface area (Å²) in [5, 5.41) is 6.76. The average Bonchev–Trinajstić information content (AvgIpc) is 2.62. The molecule has 1 unspecified atom stereocenters. The van der Waals surface area contributed by atoms with Gasteiger partial charge in [0, 0.05) is 17.4 Å². The maximum absolute atomic E-state index is 4.62. The van der Waals surface area contributed by atoms with Gasteiger partial charge >= 0.3 is 0 Å². The summed E-state index contributed by atoms with van der Waals surface area (Å²) in [7, 11) is 0. The molecular formula is C22H26N4. The predicted molar refractivity (Wildman–Crippen MR) is 109 cm³/mol. The van der Waals surface area contributed by atoms with E-state index in [2.05, 4.69) is 77.8 Å². The summed E-state index contributed by atoms with van der Waals surface area (Å²) in [6, 6.07) is 20.9. The fourth-order valence-electron chi connectivity index (χ4n) is 2.82. The minimum absolute atomic E-state index is 0.135. The highest BCUT2D eigenvalue weighted by molar-refractivity contribution is 5.58. The van der Waals surface area contributed by atoms with Crippen LogP contribution < -0.4 is 10.6 Å². The van der Waals surface area contributed by atoms with Gasteiger partial charge in [0.2, 0.25) is 5.95 Å². The van der Waals surface area contributed by atoms with Crippen molar-refractivity contribution in [2.45, 2.75) is 39.7 Å². The fourth-order valence-corrected chi connectivity index (χ4v) is 2.82. The molecule has 134 valence electrons. The van der Waals surface area contributed by atoms with Gasteiger partial charge in [-0.15, -0.1) is 0 Å². The Hall–Kier alpha value is -2.88. The van der Waals surface area contributed by atoms with Crippen LogP contribution in [0.25, 0.3) is 0 Å². The summed E-state index contributed by atoms with van der Waals surface area (Å²) in [6.45, 7) is 8.48. The van der Waals surface area contributed by atoms with Gasteiger partial charge < -0.3 is 10.6 Å². The van der Waals surface area contributed by atoms with Crippen LogP contribution in [0.1, 0.15) is 49.6 Å². The van der Waals surface area contributed by atoms with E-state index in [4.69, 9.17) is 0 Å². The smallest absolute Gasteiger partial charge is 0.225 e. The Morgan fingerprint density at radius 1 is 0.808 bits per heavy atom. The number of anilines is 3. The fraction of sp³-hybridized carbons (Fsp3) is 0.273. The molecule has 0 spiro atoms. The lowest BCUT2D eigenvalue weighted by molar-refractivity contribution is 0.858. The van der Waals surface area contributed by atoms with E-state index in [1.165, 1.54) is 11.1 Å². The summed E-state index contributed by atoms with van der Waals surface area (Å²) in [5.74, 6) is 1.95. The number of hydrogen-bond acceptors (Lipinski definition) is 4. The van der Waals surface area contributed by atoms with E-state index < -0.39 is 0 Å². The van der Waals surface area contributed by atoms with Crippen LogP contribution in [0, 0.1) is 6.92 Å². The molecule has 3 aromatic rings. The Morgan fingerprint density at radius 2 is 1.50 bits per heavy atom. The molecular weight excluding hydrogens is 320 g/mol. The average molecular weight is 346 g/mol. The summed E-state index contributed by atoms with van der Waals surface area (Å²) in [6.07, 6.45) is 0. The van der Waals surface area contributed by atoms with Crippen LogP contribution in [0.5, 0.6) is 0 Å². The molecule has 0 fully saturated rings. The van der Waals surface area contributed by atoms with Gasteiger partial charge in [-0.25, -0.2) is 4.98 Å². The Kier molecular flexibility index (Phi) is 5.52. The monoisotopic (exact) mass is 346 g/mol. The van der Waals surface area contributed by atoms with Crippen LogP contribution in [-0.4, -0.2) is 9.97 Å². The predicted octanol–water partition coefficient (Wildman–Crippen LogP) is 5.83. The zero-order valence-corrected chi connectivity index (χ0v) is 15.8. The first-order valence-corrected chi connectivity index (χ1v) is 9.05. The van der Waals surface area contributed by atoms with E-state index in [1.54, 1.807) is 0 Å². The van der Waals surface area contributed by atoms with Crippen molar-refractivity contribution in [3.05, 3.63) is 77.5 Å². The van der Waals surface area contributed by atoms with Crippen LogP contribution in [-0.2, 0) is 0 Å². The van der Waals surface area contributed by atoms with Gasteiger partial charge in [0.25, 0.3) is 0 Å². The quantitative estimate of drug-likeness (QED) is 0.590. The van der Waals surface area contributed by atoms with Crippen LogP contribution in [0.3, 0.4) is 0 Å². The second-order valence-corrected chi connectivity index (χ2v) is 6.90. The van der Waals surface area contributed by atoms with Gasteiger partial charge in [0.15, 0.2) is 0 Å². The molecule has 0 radical (unpaired) electrons. The van der Waals surface area contributed by atoms with Crippen molar-refractivity contribution in [2.24, 2.45) is 0 Å². The van der Waals surface area contributed by atoms with Gasteiger partial charge in [-0.3, -0.25) is 0 Å². The number of benzene rings is 2. The van der Waals surface area contributed by atoms with Gasteiger partial charge in [-0.2, -0.15) is 4.98 Å². The number of rotatable bonds is 6. The topological polar surface area (TPSA) is 49.8 Å². The first-order chi connectivity index (χ1) is 12.5. The zero-order valence-electron chi connectivity index (χ0n) is 15.8. The molecule has 1 atom stereocenters. The molecule has 3 rings (SSSR count). The van der Waals surface area contributed by atoms with Gasteiger partial charge in [0.1, 0.15) is 5.82 Å². The van der Waals surface area contributed by atoms with Gasteiger partial charge in [0.05, 0.1) is 6.04 Å². The van der Waals surface area contributed by atoms with E-state index in [9.17, 15) is 0 Å². The number of hydrogen-bond donors (Lipinski definition) is 2. The maximum Gasteiger partial charge on any atom is 0.225 e. The van der Waals surface area contributed by atoms with E-state index in [-0.39, 0.29) is 6.04 Å². The third-order valence-electron chi connectivity index (χ3n) is 4.35. The first kappa shape index (κ1) is 17.9. The molecule has 2 aromatic carbocycles. The molecule has 0 bridgehead atoms.